The number of benzene rings is 1. The molecule has 3 N–H and O–H groups in total. The predicted octanol–water partition coefficient (Wildman–Crippen LogP) is 1.86. The normalized spacial score (nSPS) is 16.3. The summed E-state index contributed by atoms with van der Waals surface area (Å²) in [7, 11) is 0. The number of aliphatic hydroxyl groups is 1. The number of hydrogen-bond donors (Lipinski definition) is 3. The molecule has 5 heteroatoms. The van der Waals surface area contributed by atoms with Crippen molar-refractivity contribution in [3.05, 3.63) is 35.4 Å². The molecule has 2 amide bonds. The van der Waals surface area contributed by atoms with Crippen LogP contribution in [0.25, 0.3) is 0 Å². The summed E-state index contributed by atoms with van der Waals surface area (Å²) >= 11 is 0. The van der Waals surface area contributed by atoms with Crippen LogP contribution in [0.4, 0.5) is 0 Å². The third-order valence-electron chi connectivity index (χ3n) is 4.03. The number of rotatable bonds is 6. The van der Waals surface area contributed by atoms with Gasteiger partial charge in [0.05, 0.1) is 5.60 Å². The lowest BCUT2D eigenvalue weighted by Gasteiger charge is -2.22. The maximum Gasteiger partial charge on any atom is 0.251 e. The van der Waals surface area contributed by atoms with E-state index in [9.17, 15) is 14.7 Å². The fourth-order valence-corrected chi connectivity index (χ4v) is 2.70. The Balaban J connectivity index is 1.96. The van der Waals surface area contributed by atoms with Crippen LogP contribution in [-0.4, -0.2) is 35.6 Å². The number of carbonyl (C=O) groups excluding carboxylic acids is 2. The first-order chi connectivity index (χ1) is 10.5. The van der Waals surface area contributed by atoms with Crippen LogP contribution in [0.3, 0.4) is 0 Å². The van der Waals surface area contributed by atoms with Crippen LogP contribution in [0, 0.1) is 0 Å². The first-order valence-electron chi connectivity index (χ1n) is 7.93. The summed E-state index contributed by atoms with van der Waals surface area (Å²) in [6, 6.07) is 6.63. The summed E-state index contributed by atoms with van der Waals surface area (Å²) in [5, 5.41) is 15.8. The molecule has 1 aliphatic rings. The van der Waals surface area contributed by atoms with E-state index in [0.717, 1.165) is 32.1 Å². The Morgan fingerprint density at radius 2 is 1.73 bits per heavy atom. The Morgan fingerprint density at radius 3 is 2.32 bits per heavy atom. The van der Waals surface area contributed by atoms with Gasteiger partial charge in [0.1, 0.15) is 0 Å². The lowest BCUT2D eigenvalue weighted by Crippen LogP contribution is -2.40. The van der Waals surface area contributed by atoms with Crippen molar-refractivity contribution in [3.63, 3.8) is 0 Å². The zero-order valence-corrected chi connectivity index (χ0v) is 13.0. The molecule has 1 saturated carbocycles. The standard InChI is InChI=1S/C17H24N2O3/c1-2-10-18-15(20)13-6-5-7-14(11-13)16(21)19-12-17(22)8-3-4-9-17/h5-7,11,22H,2-4,8-10,12H2,1H3,(H,18,20)(H,19,21). The third-order valence-corrected chi connectivity index (χ3v) is 4.03. The Morgan fingerprint density at radius 1 is 1.14 bits per heavy atom. The van der Waals surface area contributed by atoms with Crippen molar-refractivity contribution < 1.29 is 14.7 Å². The Labute approximate surface area is 131 Å². The summed E-state index contributed by atoms with van der Waals surface area (Å²) < 4.78 is 0. The maximum atomic E-state index is 12.2. The SMILES string of the molecule is CCCNC(=O)c1cccc(C(=O)NCC2(O)CCCC2)c1. The molecule has 0 unspecified atom stereocenters. The average molecular weight is 304 g/mol. The van der Waals surface area contributed by atoms with Gasteiger partial charge < -0.3 is 15.7 Å². The molecule has 0 aromatic heterocycles. The highest BCUT2D eigenvalue weighted by molar-refractivity contribution is 5.99. The zero-order chi connectivity index (χ0) is 16.0. The highest BCUT2D eigenvalue weighted by Gasteiger charge is 2.31. The van der Waals surface area contributed by atoms with E-state index in [4.69, 9.17) is 0 Å². The van der Waals surface area contributed by atoms with E-state index >= 15 is 0 Å². The molecule has 1 fully saturated rings. The number of amides is 2. The first kappa shape index (κ1) is 16.5. The van der Waals surface area contributed by atoms with Gasteiger partial charge in [-0.1, -0.05) is 25.8 Å². The second-order valence-corrected chi connectivity index (χ2v) is 5.95. The zero-order valence-electron chi connectivity index (χ0n) is 13.0. The van der Waals surface area contributed by atoms with Crippen molar-refractivity contribution in [3.8, 4) is 0 Å². The van der Waals surface area contributed by atoms with Gasteiger partial charge >= 0.3 is 0 Å². The Bertz CT molecular complexity index is 536. The lowest BCUT2D eigenvalue weighted by molar-refractivity contribution is 0.0449. The highest BCUT2D eigenvalue weighted by Crippen LogP contribution is 2.28. The summed E-state index contributed by atoms with van der Waals surface area (Å²) in [5.41, 5.74) is 0.137. The van der Waals surface area contributed by atoms with Crippen molar-refractivity contribution in [1.29, 1.82) is 0 Å². The molecule has 0 heterocycles. The van der Waals surface area contributed by atoms with Gasteiger partial charge in [0.25, 0.3) is 11.8 Å². The molecule has 0 bridgehead atoms. The number of hydrogen-bond acceptors (Lipinski definition) is 3. The molecule has 0 radical (unpaired) electrons. The van der Waals surface area contributed by atoms with Gasteiger partial charge in [-0.2, -0.15) is 0 Å². The molecule has 0 atom stereocenters. The molecule has 0 aliphatic heterocycles. The fourth-order valence-electron chi connectivity index (χ4n) is 2.70. The monoisotopic (exact) mass is 304 g/mol. The minimum Gasteiger partial charge on any atom is -0.388 e. The molecular formula is C17H24N2O3. The van der Waals surface area contributed by atoms with Gasteiger partial charge in [-0.15, -0.1) is 0 Å². The predicted molar refractivity (Wildman–Crippen MR) is 84.8 cm³/mol. The van der Waals surface area contributed by atoms with E-state index < -0.39 is 5.60 Å². The number of carbonyl (C=O) groups is 2. The smallest absolute Gasteiger partial charge is 0.251 e. The van der Waals surface area contributed by atoms with Gasteiger partial charge in [-0.25, -0.2) is 0 Å². The molecule has 120 valence electrons. The van der Waals surface area contributed by atoms with Crippen LogP contribution in [0.2, 0.25) is 0 Å². The fraction of sp³-hybridized carbons (Fsp3) is 0.529. The van der Waals surface area contributed by atoms with Crippen LogP contribution in [0.15, 0.2) is 24.3 Å². The van der Waals surface area contributed by atoms with Crippen molar-refractivity contribution in [1.82, 2.24) is 10.6 Å². The minimum atomic E-state index is -0.772. The summed E-state index contributed by atoms with van der Waals surface area (Å²) in [6.45, 7) is 2.86. The highest BCUT2D eigenvalue weighted by atomic mass is 16.3. The summed E-state index contributed by atoms with van der Waals surface area (Å²) in [5.74, 6) is -0.434. The largest absolute Gasteiger partial charge is 0.388 e. The molecule has 0 saturated heterocycles. The van der Waals surface area contributed by atoms with Crippen molar-refractivity contribution >= 4 is 11.8 Å². The summed E-state index contributed by atoms with van der Waals surface area (Å²) in [6.07, 6.45) is 4.32. The van der Waals surface area contributed by atoms with Gasteiger partial charge in [-0.05, 0) is 37.5 Å². The molecule has 2 rings (SSSR count). The molecule has 1 aromatic carbocycles. The minimum absolute atomic E-state index is 0.175. The second-order valence-electron chi connectivity index (χ2n) is 5.95. The van der Waals surface area contributed by atoms with Gasteiger partial charge in [0, 0.05) is 24.2 Å². The van der Waals surface area contributed by atoms with Crippen molar-refractivity contribution in [2.45, 2.75) is 44.6 Å². The van der Waals surface area contributed by atoms with Crippen LogP contribution in [0.1, 0.15) is 59.7 Å². The van der Waals surface area contributed by atoms with Gasteiger partial charge in [0.2, 0.25) is 0 Å². The third kappa shape index (κ3) is 4.31. The average Bonchev–Trinajstić information content (AvgIpc) is 2.97. The maximum absolute atomic E-state index is 12.2. The Hall–Kier alpha value is -1.88. The van der Waals surface area contributed by atoms with Crippen molar-refractivity contribution in [2.24, 2.45) is 0 Å². The summed E-state index contributed by atoms with van der Waals surface area (Å²) in [4.78, 5) is 24.1. The van der Waals surface area contributed by atoms with Crippen LogP contribution in [-0.2, 0) is 0 Å². The van der Waals surface area contributed by atoms with Crippen molar-refractivity contribution in [2.75, 3.05) is 13.1 Å². The first-order valence-corrected chi connectivity index (χ1v) is 7.93. The van der Waals surface area contributed by atoms with Gasteiger partial charge in [-0.3, -0.25) is 9.59 Å². The second kappa shape index (κ2) is 7.40. The lowest BCUT2D eigenvalue weighted by atomic mass is 10.0. The van der Waals surface area contributed by atoms with Crippen LogP contribution >= 0.6 is 0 Å². The van der Waals surface area contributed by atoms with E-state index in [1.165, 1.54) is 0 Å². The topological polar surface area (TPSA) is 78.4 Å². The molecule has 1 aliphatic carbocycles. The van der Waals surface area contributed by atoms with Crippen LogP contribution in [0.5, 0.6) is 0 Å². The Kier molecular flexibility index (Phi) is 5.55. The van der Waals surface area contributed by atoms with E-state index in [2.05, 4.69) is 10.6 Å². The molecule has 1 aromatic rings. The van der Waals surface area contributed by atoms with E-state index in [1.54, 1.807) is 24.3 Å². The van der Waals surface area contributed by atoms with Crippen LogP contribution < -0.4 is 10.6 Å². The number of nitrogens with one attached hydrogen (secondary N) is 2. The van der Waals surface area contributed by atoms with E-state index in [1.807, 2.05) is 6.92 Å². The molecule has 5 nitrogen and oxygen atoms in total. The van der Waals surface area contributed by atoms with E-state index in [-0.39, 0.29) is 18.4 Å². The molecule has 22 heavy (non-hydrogen) atoms. The molecule has 0 spiro atoms. The van der Waals surface area contributed by atoms with E-state index in [0.29, 0.717) is 17.7 Å². The quantitative estimate of drug-likeness (QED) is 0.750. The van der Waals surface area contributed by atoms with Gasteiger partial charge in [0.15, 0.2) is 0 Å². The molecular weight excluding hydrogens is 280 g/mol.